The number of thioether (sulfide) groups is 1. The highest BCUT2D eigenvalue weighted by molar-refractivity contribution is 7.99. The molecule has 0 radical (unpaired) electrons. The highest BCUT2D eigenvalue weighted by Gasteiger charge is 2.19. The van der Waals surface area contributed by atoms with Crippen molar-refractivity contribution in [1.29, 1.82) is 0 Å². The van der Waals surface area contributed by atoms with E-state index >= 15 is 0 Å². The smallest absolute Gasteiger partial charge is 0.234 e. The van der Waals surface area contributed by atoms with E-state index in [1.165, 1.54) is 17.3 Å². The lowest BCUT2D eigenvalue weighted by Crippen LogP contribution is -2.15. The van der Waals surface area contributed by atoms with Gasteiger partial charge in [0, 0.05) is 12.2 Å². The van der Waals surface area contributed by atoms with Crippen LogP contribution in [0.3, 0.4) is 0 Å². The Balaban J connectivity index is 1.61. The molecule has 1 atom stereocenters. The summed E-state index contributed by atoms with van der Waals surface area (Å²) in [6.07, 6.45) is 0.727. The molecule has 158 valence electrons. The van der Waals surface area contributed by atoms with Gasteiger partial charge in [-0.2, -0.15) is 0 Å². The number of carbonyl (C=O) groups excluding carboxylic acids is 1. The summed E-state index contributed by atoms with van der Waals surface area (Å²) in [5.41, 5.74) is 3.19. The topological polar surface area (TPSA) is 69.0 Å². The molecule has 0 fully saturated rings. The molecule has 1 unspecified atom stereocenters. The van der Waals surface area contributed by atoms with Gasteiger partial charge in [0.15, 0.2) is 17.1 Å². The van der Waals surface area contributed by atoms with Gasteiger partial charge >= 0.3 is 0 Å². The lowest BCUT2D eigenvalue weighted by molar-refractivity contribution is -0.113. The van der Waals surface area contributed by atoms with Gasteiger partial charge < -0.3 is 14.6 Å². The van der Waals surface area contributed by atoms with Crippen molar-refractivity contribution in [3.05, 3.63) is 65.5 Å². The Labute approximate surface area is 182 Å². The van der Waals surface area contributed by atoms with Crippen LogP contribution in [0.4, 0.5) is 5.69 Å². The first-order valence-electron chi connectivity index (χ1n) is 10.2. The van der Waals surface area contributed by atoms with Crippen LogP contribution in [0, 0.1) is 6.92 Å². The van der Waals surface area contributed by atoms with E-state index in [-0.39, 0.29) is 17.8 Å². The van der Waals surface area contributed by atoms with Crippen molar-refractivity contribution < 1.29 is 9.53 Å². The van der Waals surface area contributed by atoms with Crippen molar-refractivity contribution in [2.75, 3.05) is 11.1 Å². The molecule has 0 bridgehead atoms. The molecule has 1 aromatic heterocycles. The van der Waals surface area contributed by atoms with Gasteiger partial charge in [-0.1, -0.05) is 43.0 Å². The van der Waals surface area contributed by atoms with E-state index in [9.17, 15) is 4.79 Å². The van der Waals surface area contributed by atoms with E-state index in [4.69, 9.17) is 4.74 Å². The molecule has 0 aliphatic carbocycles. The third-order valence-electron chi connectivity index (χ3n) is 4.71. The Bertz CT molecular complexity index is 985. The quantitative estimate of drug-likeness (QED) is 0.487. The van der Waals surface area contributed by atoms with Gasteiger partial charge in [0.25, 0.3) is 0 Å². The second kappa shape index (κ2) is 10.3. The van der Waals surface area contributed by atoms with E-state index in [0.717, 1.165) is 29.2 Å². The average molecular weight is 425 g/mol. The summed E-state index contributed by atoms with van der Waals surface area (Å²) < 4.78 is 8.04. The van der Waals surface area contributed by atoms with Gasteiger partial charge in [0.1, 0.15) is 5.75 Å². The molecular weight excluding hydrogens is 396 g/mol. The molecule has 30 heavy (non-hydrogen) atoms. The number of aromatic nitrogens is 3. The monoisotopic (exact) mass is 424 g/mol. The van der Waals surface area contributed by atoms with Gasteiger partial charge in [0.05, 0.1) is 5.75 Å². The zero-order valence-electron chi connectivity index (χ0n) is 17.9. The van der Waals surface area contributed by atoms with Crippen LogP contribution >= 0.6 is 11.8 Å². The number of carbonyl (C=O) groups is 1. The number of hydrogen-bond donors (Lipinski definition) is 1. The maximum Gasteiger partial charge on any atom is 0.234 e. The minimum absolute atomic E-state index is 0.0690. The van der Waals surface area contributed by atoms with E-state index in [0.29, 0.717) is 11.7 Å². The second-order valence-corrected chi connectivity index (χ2v) is 7.99. The Kier molecular flexibility index (Phi) is 7.52. The number of aryl methyl sites for hydroxylation is 2. The minimum atomic E-state index is -0.250. The SMILES string of the molecule is CCc1ccc(NC(=O)CSc2nnc(C(C)Oc3cccc(C)c3)n2CC)cc1. The standard InChI is InChI=1S/C23H28N4O2S/c1-5-18-10-12-19(13-11-18)24-21(28)15-30-23-26-25-22(27(23)6-2)17(4)29-20-9-7-8-16(3)14-20/h7-14,17H,5-6,15H2,1-4H3,(H,24,28). The third-order valence-corrected chi connectivity index (χ3v) is 5.67. The first-order valence-corrected chi connectivity index (χ1v) is 11.2. The van der Waals surface area contributed by atoms with Crippen molar-refractivity contribution in [2.24, 2.45) is 0 Å². The van der Waals surface area contributed by atoms with Crippen LogP contribution in [-0.2, 0) is 17.8 Å². The highest BCUT2D eigenvalue weighted by atomic mass is 32.2. The molecular formula is C23H28N4O2S. The third kappa shape index (κ3) is 5.63. The summed E-state index contributed by atoms with van der Waals surface area (Å²) in [4.78, 5) is 12.3. The number of amides is 1. The van der Waals surface area contributed by atoms with Gasteiger partial charge in [-0.3, -0.25) is 4.79 Å². The fraction of sp³-hybridized carbons (Fsp3) is 0.348. The van der Waals surface area contributed by atoms with E-state index in [1.807, 2.05) is 73.9 Å². The Morgan fingerprint density at radius 1 is 1.17 bits per heavy atom. The maximum atomic E-state index is 12.3. The molecule has 0 aliphatic rings. The Morgan fingerprint density at radius 3 is 2.60 bits per heavy atom. The molecule has 1 amide bonds. The van der Waals surface area contributed by atoms with Crippen LogP contribution in [0.5, 0.6) is 5.75 Å². The largest absolute Gasteiger partial charge is 0.483 e. The number of benzene rings is 2. The minimum Gasteiger partial charge on any atom is -0.483 e. The molecule has 0 aliphatic heterocycles. The van der Waals surface area contributed by atoms with Crippen molar-refractivity contribution in [2.45, 2.75) is 51.9 Å². The summed E-state index contributed by atoms with van der Waals surface area (Å²) in [5, 5.41) is 12.2. The van der Waals surface area contributed by atoms with Crippen molar-refractivity contribution in [3.63, 3.8) is 0 Å². The molecule has 3 aromatic rings. The molecule has 6 nitrogen and oxygen atoms in total. The lowest BCUT2D eigenvalue weighted by atomic mass is 10.1. The first-order chi connectivity index (χ1) is 14.5. The van der Waals surface area contributed by atoms with Crippen molar-refractivity contribution >= 4 is 23.4 Å². The predicted molar refractivity (Wildman–Crippen MR) is 121 cm³/mol. The van der Waals surface area contributed by atoms with Gasteiger partial charge in [0.2, 0.25) is 5.91 Å². The molecule has 1 heterocycles. The van der Waals surface area contributed by atoms with E-state index in [2.05, 4.69) is 22.4 Å². The van der Waals surface area contributed by atoms with Crippen molar-refractivity contribution in [3.8, 4) is 5.75 Å². The normalized spacial score (nSPS) is 11.9. The fourth-order valence-corrected chi connectivity index (χ4v) is 3.91. The molecule has 0 saturated heterocycles. The van der Waals surface area contributed by atoms with Gasteiger partial charge in [-0.25, -0.2) is 0 Å². The van der Waals surface area contributed by atoms with Crippen LogP contribution in [0.25, 0.3) is 0 Å². The highest BCUT2D eigenvalue weighted by Crippen LogP contribution is 2.25. The molecule has 2 aromatic carbocycles. The average Bonchev–Trinajstić information content (AvgIpc) is 3.16. The molecule has 0 saturated carbocycles. The summed E-state index contributed by atoms with van der Waals surface area (Å²) in [5.74, 6) is 1.74. The van der Waals surface area contributed by atoms with Crippen LogP contribution in [0.1, 0.15) is 43.8 Å². The summed E-state index contributed by atoms with van der Waals surface area (Å²) >= 11 is 1.38. The van der Waals surface area contributed by atoms with Crippen molar-refractivity contribution in [1.82, 2.24) is 14.8 Å². The second-order valence-electron chi connectivity index (χ2n) is 7.05. The zero-order chi connectivity index (χ0) is 21.5. The lowest BCUT2D eigenvalue weighted by Gasteiger charge is -2.16. The number of hydrogen-bond acceptors (Lipinski definition) is 5. The summed E-state index contributed by atoms with van der Waals surface area (Å²) in [7, 11) is 0. The number of nitrogens with one attached hydrogen (secondary N) is 1. The Morgan fingerprint density at radius 2 is 1.93 bits per heavy atom. The number of ether oxygens (including phenoxy) is 1. The van der Waals surface area contributed by atoms with Crippen LogP contribution in [-0.4, -0.2) is 26.4 Å². The van der Waals surface area contributed by atoms with Crippen LogP contribution in [0.15, 0.2) is 53.7 Å². The fourth-order valence-electron chi connectivity index (χ4n) is 3.10. The molecule has 1 N–H and O–H groups in total. The first kappa shape index (κ1) is 21.9. The Hall–Kier alpha value is -2.80. The molecule has 0 spiro atoms. The number of anilines is 1. The van der Waals surface area contributed by atoms with Gasteiger partial charge in [-0.15, -0.1) is 10.2 Å². The summed E-state index contributed by atoms with van der Waals surface area (Å²) in [6, 6.07) is 15.8. The van der Waals surface area contributed by atoms with Gasteiger partial charge in [-0.05, 0) is 62.6 Å². The zero-order valence-corrected chi connectivity index (χ0v) is 18.7. The molecule has 7 heteroatoms. The maximum absolute atomic E-state index is 12.3. The number of rotatable bonds is 9. The summed E-state index contributed by atoms with van der Waals surface area (Å²) in [6.45, 7) is 8.83. The molecule has 3 rings (SSSR count). The number of nitrogens with zero attached hydrogens (tertiary/aromatic N) is 3. The predicted octanol–water partition coefficient (Wildman–Crippen LogP) is 5.04. The van der Waals surface area contributed by atoms with Crippen LogP contribution < -0.4 is 10.1 Å². The van der Waals surface area contributed by atoms with Crippen LogP contribution in [0.2, 0.25) is 0 Å². The van der Waals surface area contributed by atoms with E-state index in [1.54, 1.807) is 0 Å². The van der Waals surface area contributed by atoms with E-state index < -0.39 is 0 Å².